The number of pyridine rings is 1. The highest BCUT2D eigenvalue weighted by atomic mass is 16.6. The summed E-state index contributed by atoms with van der Waals surface area (Å²) in [4.78, 5) is 26.5. The van der Waals surface area contributed by atoms with Crippen LogP contribution >= 0.6 is 0 Å². The predicted molar refractivity (Wildman–Crippen MR) is 76.9 cm³/mol. The van der Waals surface area contributed by atoms with Gasteiger partial charge in [0.2, 0.25) is 0 Å². The van der Waals surface area contributed by atoms with Gasteiger partial charge in [0.05, 0.1) is 10.5 Å². The first-order valence-corrected chi connectivity index (χ1v) is 6.51. The number of anilines is 1. The topological polar surface area (TPSA) is 97.2 Å². The van der Waals surface area contributed by atoms with Crippen molar-refractivity contribution in [3.8, 4) is 0 Å². The lowest BCUT2D eigenvalue weighted by Gasteiger charge is -2.24. The van der Waals surface area contributed by atoms with E-state index >= 15 is 0 Å². The summed E-state index contributed by atoms with van der Waals surface area (Å²) in [7, 11) is 0. The fourth-order valence-electron chi connectivity index (χ4n) is 1.50. The Kier molecular flexibility index (Phi) is 5.01. The predicted octanol–water partition coefficient (Wildman–Crippen LogP) is 2.34. The maximum atomic E-state index is 12.3. The fraction of sp³-hybridized carbons (Fsp3) is 0.538. The van der Waals surface area contributed by atoms with Crippen molar-refractivity contribution in [2.24, 2.45) is 0 Å². The Bertz CT molecular complexity index is 514. The molecule has 0 saturated heterocycles. The maximum absolute atomic E-state index is 12.3. The Balaban J connectivity index is 3.15. The molecule has 0 aliphatic carbocycles. The van der Waals surface area contributed by atoms with E-state index in [4.69, 9.17) is 0 Å². The zero-order valence-electron chi connectivity index (χ0n) is 12.2. The van der Waals surface area contributed by atoms with Gasteiger partial charge in [-0.15, -0.1) is 0 Å². The third-order valence-electron chi connectivity index (χ3n) is 3.01. The first-order valence-electron chi connectivity index (χ1n) is 6.51. The molecule has 1 rings (SSSR count). The number of amides is 1. The monoisotopic (exact) mass is 280 g/mol. The highest BCUT2D eigenvalue weighted by Gasteiger charge is 2.23. The molecule has 1 heterocycles. The van der Waals surface area contributed by atoms with Crippen LogP contribution in [0.5, 0.6) is 0 Å². The minimum atomic E-state index is -0.565. The molecule has 0 aliphatic heterocycles. The van der Waals surface area contributed by atoms with Crippen LogP contribution in [0.25, 0.3) is 0 Å². The van der Waals surface area contributed by atoms with Crippen molar-refractivity contribution in [1.82, 2.24) is 10.3 Å². The third kappa shape index (κ3) is 3.91. The van der Waals surface area contributed by atoms with E-state index in [1.54, 1.807) is 0 Å². The molecule has 2 N–H and O–H groups in total. The van der Waals surface area contributed by atoms with E-state index in [2.05, 4.69) is 15.6 Å². The average molecular weight is 280 g/mol. The Morgan fingerprint density at radius 3 is 2.60 bits per heavy atom. The number of nitro groups is 1. The second-order valence-electron chi connectivity index (χ2n) is 5.07. The van der Waals surface area contributed by atoms with Crippen LogP contribution in [0.1, 0.15) is 44.5 Å². The van der Waals surface area contributed by atoms with Gasteiger partial charge in [0, 0.05) is 18.2 Å². The van der Waals surface area contributed by atoms with Gasteiger partial charge in [-0.25, -0.2) is 4.98 Å². The molecule has 0 saturated carbocycles. The number of carbonyl (C=O) groups is 1. The molecule has 0 unspecified atom stereocenters. The largest absolute Gasteiger partial charge is 0.370 e. The molecule has 20 heavy (non-hydrogen) atoms. The van der Waals surface area contributed by atoms with Crippen molar-refractivity contribution < 1.29 is 9.72 Å². The molecule has 0 aromatic carbocycles. The zero-order valence-corrected chi connectivity index (χ0v) is 12.2. The average Bonchev–Trinajstić information content (AvgIpc) is 2.38. The van der Waals surface area contributed by atoms with Gasteiger partial charge >= 0.3 is 0 Å². The van der Waals surface area contributed by atoms with Gasteiger partial charge < -0.3 is 10.6 Å². The summed E-state index contributed by atoms with van der Waals surface area (Å²) < 4.78 is 0. The maximum Gasteiger partial charge on any atom is 0.288 e. The van der Waals surface area contributed by atoms with Crippen LogP contribution in [0, 0.1) is 10.1 Å². The first-order chi connectivity index (χ1) is 9.30. The highest BCUT2D eigenvalue weighted by Crippen LogP contribution is 2.20. The van der Waals surface area contributed by atoms with Gasteiger partial charge in [0.25, 0.3) is 11.6 Å². The smallest absolute Gasteiger partial charge is 0.288 e. The second kappa shape index (κ2) is 6.31. The van der Waals surface area contributed by atoms with E-state index in [0.717, 1.165) is 12.6 Å². The summed E-state index contributed by atoms with van der Waals surface area (Å²) in [6.07, 6.45) is 1.89. The first kappa shape index (κ1) is 15.9. The van der Waals surface area contributed by atoms with Gasteiger partial charge in [-0.2, -0.15) is 0 Å². The molecule has 1 aromatic heterocycles. The van der Waals surface area contributed by atoms with Crippen molar-refractivity contribution in [2.45, 2.75) is 39.7 Å². The van der Waals surface area contributed by atoms with E-state index < -0.39 is 4.92 Å². The summed E-state index contributed by atoms with van der Waals surface area (Å²) in [6, 6.07) is 1.24. The van der Waals surface area contributed by atoms with Crippen molar-refractivity contribution in [3.63, 3.8) is 0 Å². The fourth-order valence-corrected chi connectivity index (χ4v) is 1.50. The zero-order chi connectivity index (χ0) is 15.3. The summed E-state index contributed by atoms with van der Waals surface area (Å²) in [5.74, 6) is -0.0218. The van der Waals surface area contributed by atoms with Gasteiger partial charge in [0.15, 0.2) is 0 Å². The number of hydrogen-bond donors (Lipinski definition) is 2. The molecule has 1 aromatic rings. The van der Waals surface area contributed by atoms with Crippen LogP contribution in [0.15, 0.2) is 12.3 Å². The number of nitrogens with zero attached hydrogens (tertiary/aromatic N) is 2. The Labute approximate surface area is 117 Å². The van der Waals surface area contributed by atoms with E-state index in [0.29, 0.717) is 12.4 Å². The standard InChI is InChI=1S/C13H20N4O3/c1-5-13(3,4)16-12(18)10-7-9(17(19)20)8-15-11(10)14-6-2/h7-8H,5-6H2,1-4H3,(H,14,15)(H,16,18). The van der Waals surface area contributed by atoms with E-state index in [-0.39, 0.29) is 22.7 Å². The van der Waals surface area contributed by atoms with Crippen LogP contribution in [0.2, 0.25) is 0 Å². The molecule has 0 spiro atoms. The van der Waals surface area contributed by atoms with Crippen LogP contribution in [-0.4, -0.2) is 27.9 Å². The van der Waals surface area contributed by atoms with Crippen LogP contribution in [0.4, 0.5) is 11.5 Å². The third-order valence-corrected chi connectivity index (χ3v) is 3.01. The van der Waals surface area contributed by atoms with Crippen molar-refractivity contribution in [3.05, 3.63) is 27.9 Å². The summed E-state index contributed by atoms with van der Waals surface area (Å²) in [6.45, 7) is 8.17. The van der Waals surface area contributed by atoms with Gasteiger partial charge in [-0.05, 0) is 27.2 Å². The minimum Gasteiger partial charge on any atom is -0.370 e. The van der Waals surface area contributed by atoms with E-state index in [9.17, 15) is 14.9 Å². The van der Waals surface area contributed by atoms with Crippen LogP contribution < -0.4 is 10.6 Å². The molecule has 0 aliphatic rings. The molecule has 0 bridgehead atoms. The normalized spacial score (nSPS) is 11.0. The quantitative estimate of drug-likeness (QED) is 0.615. The summed E-state index contributed by atoms with van der Waals surface area (Å²) in [5.41, 5.74) is -0.403. The van der Waals surface area contributed by atoms with Crippen molar-refractivity contribution in [2.75, 3.05) is 11.9 Å². The number of aromatic nitrogens is 1. The second-order valence-corrected chi connectivity index (χ2v) is 5.07. The molecule has 110 valence electrons. The lowest BCUT2D eigenvalue weighted by Crippen LogP contribution is -2.43. The highest BCUT2D eigenvalue weighted by molar-refractivity contribution is 5.99. The van der Waals surface area contributed by atoms with E-state index in [1.165, 1.54) is 6.07 Å². The molecular formula is C13H20N4O3. The molecule has 7 nitrogen and oxygen atoms in total. The number of rotatable bonds is 6. The molecule has 0 fully saturated rings. The summed E-state index contributed by atoms with van der Waals surface area (Å²) >= 11 is 0. The SMILES string of the molecule is CCNc1ncc([N+](=O)[O-])cc1C(=O)NC(C)(C)CC. The molecular weight excluding hydrogens is 260 g/mol. The Morgan fingerprint density at radius 1 is 1.45 bits per heavy atom. The summed E-state index contributed by atoms with van der Waals surface area (Å²) in [5, 5.41) is 16.6. The van der Waals surface area contributed by atoms with Crippen LogP contribution in [0.3, 0.4) is 0 Å². The van der Waals surface area contributed by atoms with Gasteiger partial charge in [-0.1, -0.05) is 6.92 Å². The molecule has 0 atom stereocenters. The van der Waals surface area contributed by atoms with Gasteiger partial charge in [0.1, 0.15) is 12.0 Å². The van der Waals surface area contributed by atoms with Gasteiger partial charge in [-0.3, -0.25) is 14.9 Å². The molecule has 1 amide bonds. The Morgan fingerprint density at radius 2 is 2.10 bits per heavy atom. The molecule has 7 heteroatoms. The molecule has 0 radical (unpaired) electrons. The number of carbonyl (C=O) groups excluding carboxylic acids is 1. The Hall–Kier alpha value is -2.18. The van der Waals surface area contributed by atoms with Crippen molar-refractivity contribution in [1.29, 1.82) is 0 Å². The van der Waals surface area contributed by atoms with Crippen molar-refractivity contribution >= 4 is 17.4 Å². The van der Waals surface area contributed by atoms with Crippen LogP contribution in [-0.2, 0) is 0 Å². The lowest BCUT2D eigenvalue weighted by atomic mass is 10.0. The number of hydrogen-bond acceptors (Lipinski definition) is 5. The van der Waals surface area contributed by atoms with E-state index in [1.807, 2.05) is 27.7 Å². The lowest BCUT2D eigenvalue weighted by molar-refractivity contribution is -0.385. The minimum absolute atomic E-state index is 0.183. The number of nitrogens with one attached hydrogen (secondary N) is 2.